The first-order chi connectivity index (χ1) is 11.5. The minimum absolute atomic E-state index is 0.0707. The molecule has 3 nitrogen and oxygen atoms in total. The van der Waals surface area contributed by atoms with Gasteiger partial charge in [-0.3, -0.25) is 4.79 Å². The van der Waals surface area contributed by atoms with Gasteiger partial charge in [-0.25, -0.2) is 0 Å². The third-order valence-corrected chi connectivity index (χ3v) is 5.36. The predicted molar refractivity (Wildman–Crippen MR) is 98.7 cm³/mol. The molecule has 1 aromatic rings. The lowest BCUT2D eigenvalue weighted by Crippen LogP contribution is -2.41. The maximum atomic E-state index is 12.8. The Bertz CT molecular complexity index is 500. The smallest absolute Gasteiger partial charge is 0.223 e. The highest BCUT2D eigenvalue weighted by Crippen LogP contribution is 2.38. The molecule has 1 fully saturated rings. The molecule has 1 amide bonds. The molecular weight excluding hydrogens is 298 g/mol. The van der Waals surface area contributed by atoms with E-state index in [2.05, 4.69) is 38.2 Å². The summed E-state index contributed by atoms with van der Waals surface area (Å²) in [6, 6.07) is 10.2. The fraction of sp³-hybridized carbons (Fsp3) is 0.667. The van der Waals surface area contributed by atoms with Gasteiger partial charge in [0.2, 0.25) is 5.91 Å². The van der Waals surface area contributed by atoms with E-state index in [-0.39, 0.29) is 17.9 Å². The number of hydrogen-bond acceptors (Lipinski definition) is 2. The first-order valence-electron chi connectivity index (χ1n) is 9.47. The van der Waals surface area contributed by atoms with Crippen LogP contribution in [0, 0.1) is 23.7 Å². The molecule has 0 bridgehead atoms. The molecule has 0 spiro atoms. The van der Waals surface area contributed by atoms with E-state index in [1.165, 1.54) is 12.8 Å². The lowest BCUT2D eigenvalue weighted by Gasteiger charge is -2.36. The highest BCUT2D eigenvalue weighted by atomic mass is 16.5. The predicted octanol–water partition coefficient (Wildman–Crippen LogP) is 4.59. The van der Waals surface area contributed by atoms with Crippen LogP contribution in [0.15, 0.2) is 30.3 Å². The second-order valence-corrected chi connectivity index (χ2v) is 7.53. The van der Waals surface area contributed by atoms with Crippen molar-refractivity contribution >= 4 is 5.91 Å². The van der Waals surface area contributed by atoms with Gasteiger partial charge >= 0.3 is 0 Å². The van der Waals surface area contributed by atoms with Crippen LogP contribution in [0.1, 0.15) is 58.6 Å². The average Bonchev–Trinajstić information content (AvgIpc) is 2.58. The largest absolute Gasteiger partial charge is 0.372 e. The van der Waals surface area contributed by atoms with Crippen molar-refractivity contribution in [2.75, 3.05) is 13.2 Å². The van der Waals surface area contributed by atoms with E-state index < -0.39 is 0 Å². The maximum Gasteiger partial charge on any atom is 0.223 e. The first-order valence-corrected chi connectivity index (χ1v) is 9.47. The highest BCUT2D eigenvalue weighted by molar-refractivity contribution is 5.79. The minimum atomic E-state index is -0.0707. The van der Waals surface area contributed by atoms with E-state index in [9.17, 15) is 4.79 Å². The van der Waals surface area contributed by atoms with Crippen molar-refractivity contribution in [3.63, 3.8) is 0 Å². The molecule has 1 N–H and O–H groups in total. The van der Waals surface area contributed by atoms with E-state index in [1.54, 1.807) is 0 Å². The van der Waals surface area contributed by atoms with Gasteiger partial charge < -0.3 is 10.1 Å². The van der Waals surface area contributed by atoms with Crippen LogP contribution >= 0.6 is 0 Å². The monoisotopic (exact) mass is 331 g/mol. The van der Waals surface area contributed by atoms with Gasteiger partial charge in [-0.2, -0.15) is 0 Å². The molecule has 134 valence electrons. The number of amides is 1. The second-order valence-electron chi connectivity index (χ2n) is 7.53. The van der Waals surface area contributed by atoms with Gasteiger partial charge in [0, 0.05) is 19.1 Å². The number of ether oxygens (including phenoxy) is 1. The van der Waals surface area contributed by atoms with Gasteiger partial charge in [0.15, 0.2) is 0 Å². The summed E-state index contributed by atoms with van der Waals surface area (Å²) >= 11 is 0. The fourth-order valence-electron chi connectivity index (χ4n) is 3.97. The molecule has 0 heterocycles. The normalized spacial score (nSPS) is 25.5. The molecular formula is C21H33NO2. The van der Waals surface area contributed by atoms with Crippen LogP contribution in [0.25, 0.3) is 0 Å². The lowest BCUT2D eigenvalue weighted by molar-refractivity contribution is -0.130. The quantitative estimate of drug-likeness (QED) is 0.793. The van der Waals surface area contributed by atoms with Crippen molar-refractivity contribution in [3.8, 4) is 0 Å². The summed E-state index contributed by atoms with van der Waals surface area (Å²) in [7, 11) is 0. The van der Waals surface area contributed by atoms with Crippen LogP contribution < -0.4 is 5.32 Å². The third-order valence-electron chi connectivity index (χ3n) is 5.36. The van der Waals surface area contributed by atoms with E-state index >= 15 is 0 Å². The number of hydrogen-bond donors (Lipinski definition) is 1. The Hall–Kier alpha value is -1.35. The van der Waals surface area contributed by atoms with E-state index in [0.29, 0.717) is 30.9 Å². The fourth-order valence-corrected chi connectivity index (χ4v) is 3.97. The molecule has 4 atom stereocenters. The van der Waals surface area contributed by atoms with Gasteiger partial charge in [0.1, 0.15) is 0 Å². The zero-order chi connectivity index (χ0) is 17.5. The van der Waals surface area contributed by atoms with E-state index in [0.717, 1.165) is 12.0 Å². The Morgan fingerprint density at radius 3 is 2.58 bits per heavy atom. The second kappa shape index (κ2) is 9.22. The molecule has 24 heavy (non-hydrogen) atoms. The summed E-state index contributed by atoms with van der Waals surface area (Å²) in [5, 5.41) is 3.18. The van der Waals surface area contributed by atoms with Crippen LogP contribution in [-0.2, 0) is 9.53 Å². The first kappa shape index (κ1) is 19.0. The molecule has 1 aliphatic carbocycles. The SMILES string of the molecule is CCOC(CNC(=O)C1CC(C)CCC1C(C)C)c1ccccc1. The zero-order valence-corrected chi connectivity index (χ0v) is 15.6. The standard InChI is InChI=1S/C21H33NO2/c1-5-24-20(17-9-7-6-8-10-17)14-22-21(23)19-13-16(4)11-12-18(19)15(2)3/h6-10,15-16,18-20H,5,11-14H2,1-4H3,(H,22,23). The minimum Gasteiger partial charge on any atom is -0.372 e. The Morgan fingerprint density at radius 1 is 1.25 bits per heavy atom. The highest BCUT2D eigenvalue weighted by Gasteiger charge is 2.35. The lowest BCUT2D eigenvalue weighted by atomic mass is 9.70. The molecule has 0 aliphatic heterocycles. The summed E-state index contributed by atoms with van der Waals surface area (Å²) in [6.45, 7) is 9.94. The molecule has 0 radical (unpaired) electrons. The molecule has 0 aromatic heterocycles. The van der Waals surface area contributed by atoms with Crippen molar-refractivity contribution in [1.82, 2.24) is 5.32 Å². The van der Waals surface area contributed by atoms with Crippen molar-refractivity contribution in [3.05, 3.63) is 35.9 Å². The van der Waals surface area contributed by atoms with Crippen LogP contribution in [0.3, 0.4) is 0 Å². The Kier molecular flexibility index (Phi) is 7.29. The summed E-state index contributed by atoms with van der Waals surface area (Å²) in [6.07, 6.45) is 3.36. The van der Waals surface area contributed by atoms with Crippen LogP contribution in [-0.4, -0.2) is 19.1 Å². The molecule has 0 saturated heterocycles. The summed E-state index contributed by atoms with van der Waals surface area (Å²) in [4.78, 5) is 12.8. The van der Waals surface area contributed by atoms with Crippen molar-refractivity contribution in [1.29, 1.82) is 0 Å². The number of carbonyl (C=O) groups is 1. The van der Waals surface area contributed by atoms with Crippen molar-refractivity contribution in [2.45, 2.75) is 53.1 Å². The van der Waals surface area contributed by atoms with Gasteiger partial charge in [-0.1, -0.05) is 57.5 Å². The van der Waals surface area contributed by atoms with Gasteiger partial charge in [-0.05, 0) is 43.1 Å². The van der Waals surface area contributed by atoms with E-state index in [1.807, 2.05) is 25.1 Å². The number of benzene rings is 1. The summed E-state index contributed by atoms with van der Waals surface area (Å²) < 4.78 is 5.85. The van der Waals surface area contributed by atoms with Crippen LogP contribution in [0.5, 0.6) is 0 Å². The molecule has 3 heteroatoms. The van der Waals surface area contributed by atoms with Gasteiger partial charge in [0.25, 0.3) is 0 Å². The molecule has 4 unspecified atom stereocenters. The van der Waals surface area contributed by atoms with Crippen LogP contribution in [0.2, 0.25) is 0 Å². The topological polar surface area (TPSA) is 38.3 Å². The average molecular weight is 332 g/mol. The number of nitrogens with one attached hydrogen (secondary N) is 1. The van der Waals surface area contributed by atoms with Crippen molar-refractivity contribution in [2.24, 2.45) is 23.7 Å². The number of carbonyl (C=O) groups excluding carboxylic acids is 1. The van der Waals surface area contributed by atoms with Crippen molar-refractivity contribution < 1.29 is 9.53 Å². The van der Waals surface area contributed by atoms with Crippen LogP contribution in [0.4, 0.5) is 0 Å². The molecule has 1 aliphatic rings. The van der Waals surface area contributed by atoms with Gasteiger partial charge in [0.05, 0.1) is 6.10 Å². The zero-order valence-electron chi connectivity index (χ0n) is 15.6. The molecule has 2 rings (SSSR count). The van der Waals surface area contributed by atoms with E-state index in [4.69, 9.17) is 4.74 Å². The Balaban J connectivity index is 1.98. The third kappa shape index (κ3) is 5.07. The number of rotatable bonds is 7. The maximum absolute atomic E-state index is 12.8. The summed E-state index contributed by atoms with van der Waals surface area (Å²) in [5.41, 5.74) is 1.12. The Labute approximate surface area is 147 Å². The molecule has 1 aromatic carbocycles. The Morgan fingerprint density at radius 2 is 1.96 bits per heavy atom. The summed E-state index contributed by atoms with van der Waals surface area (Å²) in [5.74, 6) is 2.06. The van der Waals surface area contributed by atoms with Gasteiger partial charge in [-0.15, -0.1) is 0 Å². The molecule has 1 saturated carbocycles.